The number of benzene rings is 4. The van der Waals surface area contributed by atoms with Gasteiger partial charge in [0.2, 0.25) is 66.5 Å². The lowest BCUT2D eigenvalue weighted by Gasteiger charge is -2.38. The van der Waals surface area contributed by atoms with Crippen LogP contribution in [-0.4, -0.2) is 66.5 Å². The summed E-state index contributed by atoms with van der Waals surface area (Å²) in [6.45, 7) is 37.2. The standard InChI is InChI=1S/2C20H32O2Si4/c2*1-23(2)17-9-11-19(12-10-17)25(5,6)22-26(7,8)20-15-13-18(14-16-20)24(3,4)21-23/h2*9-16H,1-8H3. The molecule has 0 saturated heterocycles. The molecule has 12 heteroatoms. The summed E-state index contributed by atoms with van der Waals surface area (Å²) in [5.74, 6) is 0. The SMILES string of the molecule is C[Si]1(C)O[Si](C)(C)c2ccc(cc2)[Si](C)(C)O[Si](C)(C)c2ccc1cc2.C[Si]1(C)O[Si](C)(C)c2ccc(cc2)[Si](C)(C)O[Si](C)(C)c2ccc1cc2. The third-order valence-electron chi connectivity index (χ3n) is 11.1. The first kappa shape index (κ1) is 41.6. The zero-order valence-electron chi connectivity index (χ0n) is 34.9. The molecule has 8 heterocycles. The first-order valence-corrected chi connectivity index (χ1v) is 42.2. The van der Waals surface area contributed by atoms with E-state index in [4.69, 9.17) is 16.5 Å². The maximum atomic E-state index is 6.90. The van der Waals surface area contributed by atoms with Crippen LogP contribution in [0.1, 0.15) is 0 Å². The van der Waals surface area contributed by atoms with Crippen LogP contribution in [0.4, 0.5) is 0 Å². The Kier molecular flexibility index (Phi) is 11.4. The summed E-state index contributed by atoms with van der Waals surface area (Å²) in [5, 5.41) is 11.0. The molecule has 12 rings (SSSR count). The maximum absolute atomic E-state index is 6.90. The van der Waals surface area contributed by atoms with Crippen LogP contribution >= 0.6 is 0 Å². The van der Waals surface area contributed by atoms with Gasteiger partial charge in [0.25, 0.3) is 0 Å². The Labute approximate surface area is 324 Å². The molecular weight excluding hydrogens is 769 g/mol. The largest absolute Gasteiger partial charge is 0.449 e. The second-order valence-corrected chi connectivity index (χ2v) is 50.8. The number of hydrogen-bond acceptors (Lipinski definition) is 4. The molecule has 52 heavy (non-hydrogen) atoms. The normalized spacial score (nSPS) is 22.8. The first-order valence-electron chi connectivity index (χ1n) is 18.9. The highest BCUT2D eigenvalue weighted by Gasteiger charge is 2.41. The van der Waals surface area contributed by atoms with Crippen LogP contribution in [0.3, 0.4) is 0 Å². The Hall–Kier alpha value is -1.54. The quantitative estimate of drug-likeness (QED) is 0.199. The minimum atomic E-state index is -1.96. The van der Waals surface area contributed by atoms with E-state index in [1.54, 1.807) is 0 Å². The molecule has 0 saturated carbocycles. The average molecular weight is 834 g/mol. The van der Waals surface area contributed by atoms with Crippen LogP contribution in [0.15, 0.2) is 97.1 Å². The summed E-state index contributed by atoms with van der Waals surface area (Å²) < 4.78 is 27.6. The number of hydrogen-bond donors (Lipinski definition) is 0. The Bertz CT molecular complexity index is 1460. The maximum Gasteiger partial charge on any atom is 0.206 e. The van der Waals surface area contributed by atoms with Gasteiger partial charge in [0, 0.05) is 0 Å². The average Bonchev–Trinajstić information content (AvgIpc) is 3.03. The van der Waals surface area contributed by atoms with Crippen LogP contribution in [0.25, 0.3) is 0 Å². The fraction of sp³-hybridized carbons (Fsp3) is 0.400. The molecule has 8 bridgehead atoms. The van der Waals surface area contributed by atoms with Crippen molar-refractivity contribution >= 4 is 108 Å². The van der Waals surface area contributed by atoms with E-state index in [9.17, 15) is 0 Å². The molecular formula is C40H64O4Si8. The molecule has 0 N–H and O–H groups in total. The van der Waals surface area contributed by atoms with Crippen molar-refractivity contribution in [2.45, 2.75) is 105 Å². The summed E-state index contributed by atoms with van der Waals surface area (Å²) >= 11 is 0. The fourth-order valence-corrected chi connectivity index (χ4v) is 40.1. The van der Waals surface area contributed by atoms with Crippen molar-refractivity contribution in [2.75, 3.05) is 0 Å². The van der Waals surface area contributed by atoms with E-state index >= 15 is 0 Å². The van der Waals surface area contributed by atoms with Crippen LogP contribution < -0.4 is 41.5 Å². The first-order chi connectivity index (χ1) is 23.7. The lowest BCUT2D eigenvalue weighted by Crippen LogP contribution is -2.60. The van der Waals surface area contributed by atoms with Gasteiger partial charge in [-0.25, -0.2) is 0 Å². The molecule has 8 aliphatic rings. The van der Waals surface area contributed by atoms with Gasteiger partial charge in [-0.05, 0) is 146 Å². The summed E-state index contributed by atoms with van der Waals surface area (Å²) in [6.07, 6.45) is 0. The second kappa shape index (κ2) is 14.2. The van der Waals surface area contributed by atoms with E-state index in [0.29, 0.717) is 0 Å². The Balaban J connectivity index is 0.000000201. The highest BCUT2D eigenvalue weighted by Crippen LogP contribution is 2.21. The van der Waals surface area contributed by atoms with Gasteiger partial charge in [0.1, 0.15) is 0 Å². The Morgan fingerprint density at radius 2 is 0.269 bits per heavy atom. The van der Waals surface area contributed by atoms with Crippen molar-refractivity contribution in [2.24, 2.45) is 0 Å². The zero-order chi connectivity index (χ0) is 38.8. The van der Waals surface area contributed by atoms with Gasteiger partial charge in [0.05, 0.1) is 0 Å². The summed E-state index contributed by atoms with van der Waals surface area (Å²) in [5.41, 5.74) is 0. The van der Waals surface area contributed by atoms with Gasteiger partial charge in [-0.1, -0.05) is 97.1 Å². The lowest BCUT2D eigenvalue weighted by atomic mass is 10.4. The van der Waals surface area contributed by atoms with Crippen LogP contribution in [-0.2, 0) is 16.5 Å². The molecule has 280 valence electrons. The van der Waals surface area contributed by atoms with Gasteiger partial charge in [0.15, 0.2) is 0 Å². The smallest absolute Gasteiger partial charge is 0.206 e. The van der Waals surface area contributed by atoms with Crippen molar-refractivity contribution in [1.29, 1.82) is 0 Å². The van der Waals surface area contributed by atoms with Crippen LogP contribution in [0.2, 0.25) is 105 Å². The molecule has 0 atom stereocenters. The van der Waals surface area contributed by atoms with E-state index < -0.39 is 66.5 Å². The summed E-state index contributed by atoms with van der Waals surface area (Å²) in [6, 6.07) is 36.8. The zero-order valence-corrected chi connectivity index (χ0v) is 42.9. The fourth-order valence-electron chi connectivity index (χ4n) is 8.11. The second-order valence-electron chi connectivity index (χ2n) is 18.8. The predicted octanol–water partition coefficient (Wildman–Crippen LogP) is 6.16. The van der Waals surface area contributed by atoms with E-state index in [2.05, 4.69) is 202 Å². The van der Waals surface area contributed by atoms with Crippen LogP contribution in [0.5, 0.6) is 0 Å². The molecule has 0 unspecified atom stereocenters. The van der Waals surface area contributed by atoms with Gasteiger partial charge in [-0.3, -0.25) is 0 Å². The van der Waals surface area contributed by atoms with Gasteiger partial charge >= 0.3 is 0 Å². The van der Waals surface area contributed by atoms with E-state index in [1.807, 2.05) is 0 Å². The lowest BCUT2D eigenvalue weighted by molar-refractivity contribution is 0.570. The topological polar surface area (TPSA) is 36.9 Å². The minimum Gasteiger partial charge on any atom is -0.449 e. The molecule has 0 aliphatic carbocycles. The number of rotatable bonds is 0. The van der Waals surface area contributed by atoms with Crippen molar-refractivity contribution in [1.82, 2.24) is 0 Å². The third kappa shape index (κ3) is 8.94. The van der Waals surface area contributed by atoms with Crippen molar-refractivity contribution < 1.29 is 16.5 Å². The highest BCUT2D eigenvalue weighted by atomic mass is 28.4. The predicted molar refractivity (Wildman–Crippen MR) is 247 cm³/mol. The van der Waals surface area contributed by atoms with E-state index in [-0.39, 0.29) is 0 Å². The van der Waals surface area contributed by atoms with E-state index in [1.165, 1.54) is 41.5 Å². The molecule has 4 aromatic carbocycles. The molecule has 0 spiro atoms. The molecule has 0 radical (unpaired) electrons. The van der Waals surface area contributed by atoms with Crippen LogP contribution in [0, 0.1) is 0 Å². The van der Waals surface area contributed by atoms with Gasteiger partial charge in [-0.2, -0.15) is 0 Å². The molecule has 4 aromatic rings. The van der Waals surface area contributed by atoms with Crippen molar-refractivity contribution in [3.05, 3.63) is 97.1 Å². The van der Waals surface area contributed by atoms with Gasteiger partial charge < -0.3 is 16.5 Å². The Morgan fingerprint density at radius 3 is 0.346 bits per heavy atom. The van der Waals surface area contributed by atoms with E-state index in [0.717, 1.165) is 0 Å². The van der Waals surface area contributed by atoms with Crippen molar-refractivity contribution in [3.8, 4) is 0 Å². The monoisotopic (exact) mass is 832 g/mol. The van der Waals surface area contributed by atoms with Crippen molar-refractivity contribution in [3.63, 3.8) is 0 Å². The molecule has 8 aliphatic heterocycles. The molecule has 0 fully saturated rings. The molecule has 4 nitrogen and oxygen atoms in total. The highest BCUT2D eigenvalue weighted by molar-refractivity contribution is 7.00. The summed E-state index contributed by atoms with van der Waals surface area (Å²) in [7, 11) is -15.7. The molecule has 0 amide bonds. The summed E-state index contributed by atoms with van der Waals surface area (Å²) in [4.78, 5) is 0. The van der Waals surface area contributed by atoms with Gasteiger partial charge in [-0.15, -0.1) is 0 Å². The minimum absolute atomic E-state index is 1.37. The third-order valence-corrected chi connectivity index (χ3v) is 41.3. The molecule has 0 aromatic heterocycles. The Morgan fingerprint density at radius 1 is 0.192 bits per heavy atom.